The maximum atomic E-state index is 12.7. The molecule has 1 aliphatic rings. The quantitative estimate of drug-likeness (QED) is 0.463. The molecule has 1 saturated carbocycles. The molecule has 1 aromatic heterocycles. The first-order valence-electron chi connectivity index (χ1n) is 9.70. The van der Waals surface area contributed by atoms with E-state index in [2.05, 4.69) is 16.5 Å². The van der Waals surface area contributed by atoms with Gasteiger partial charge >= 0.3 is 6.18 Å². The van der Waals surface area contributed by atoms with Crippen LogP contribution in [0.2, 0.25) is 0 Å². The lowest BCUT2D eigenvalue weighted by atomic mass is 9.96. The summed E-state index contributed by atoms with van der Waals surface area (Å²) in [5.74, 6) is 0.0243. The summed E-state index contributed by atoms with van der Waals surface area (Å²) in [5, 5.41) is 7.95. The van der Waals surface area contributed by atoms with E-state index < -0.39 is 17.8 Å². The average Bonchev–Trinajstić information content (AvgIpc) is 3.40. The number of aromatic amines is 1. The first-order chi connectivity index (χ1) is 14.4. The molecule has 2 aromatic carbocycles. The monoisotopic (exact) mass is 447 g/mol. The van der Waals surface area contributed by atoms with Crippen LogP contribution < -0.4 is 5.32 Å². The predicted molar refractivity (Wildman–Crippen MR) is 116 cm³/mol. The molecule has 0 radical (unpaired) electrons. The molecule has 1 amide bonds. The highest BCUT2D eigenvalue weighted by Crippen LogP contribution is 2.35. The summed E-state index contributed by atoms with van der Waals surface area (Å²) in [6.45, 7) is 0. The maximum absolute atomic E-state index is 12.7. The molecule has 8 heteroatoms. The number of rotatable bonds is 6. The number of allylic oxidation sites excluding steroid dienone is 1. The Labute approximate surface area is 184 Å². The Kier molecular flexibility index (Phi) is 6.85. The molecule has 4 nitrogen and oxygen atoms in total. The summed E-state index contributed by atoms with van der Waals surface area (Å²) in [4.78, 5) is 12.4. The minimum absolute atomic E-state index is 0. The van der Waals surface area contributed by atoms with Crippen LogP contribution in [0, 0.1) is 5.92 Å². The Bertz CT molecular complexity index is 1070. The van der Waals surface area contributed by atoms with Crippen molar-refractivity contribution in [2.45, 2.75) is 25.4 Å². The van der Waals surface area contributed by atoms with Gasteiger partial charge in [-0.25, -0.2) is 0 Å². The molecule has 1 fully saturated rings. The second kappa shape index (κ2) is 9.39. The fourth-order valence-electron chi connectivity index (χ4n) is 3.20. The zero-order chi connectivity index (χ0) is 21.1. The number of amides is 1. The van der Waals surface area contributed by atoms with E-state index in [9.17, 15) is 18.0 Å². The lowest BCUT2D eigenvalue weighted by Gasteiger charge is -2.11. The van der Waals surface area contributed by atoms with Gasteiger partial charge in [-0.1, -0.05) is 48.5 Å². The SMILES string of the molecule is Cl.O=C(Nc1cccc(C(=CCC2CC2)c2ccccc2)c1)c1cc(C(F)(F)F)[nH]n1. The number of carbonyl (C=O) groups excluding carboxylic acids is 1. The molecule has 2 N–H and O–H groups in total. The fourth-order valence-corrected chi connectivity index (χ4v) is 3.20. The van der Waals surface area contributed by atoms with Crippen molar-refractivity contribution in [1.29, 1.82) is 0 Å². The largest absolute Gasteiger partial charge is 0.432 e. The zero-order valence-corrected chi connectivity index (χ0v) is 17.3. The normalized spacial score (nSPS) is 14.1. The molecular weight excluding hydrogens is 427 g/mol. The topological polar surface area (TPSA) is 57.8 Å². The lowest BCUT2D eigenvalue weighted by molar-refractivity contribution is -0.141. The van der Waals surface area contributed by atoms with Gasteiger partial charge in [0.05, 0.1) is 0 Å². The van der Waals surface area contributed by atoms with Crippen LogP contribution in [0.4, 0.5) is 18.9 Å². The number of carbonyl (C=O) groups is 1. The molecule has 31 heavy (non-hydrogen) atoms. The van der Waals surface area contributed by atoms with E-state index in [0.717, 1.165) is 29.0 Å². The van der Waals surface area contributed by atoms with Crippen molar-refractivity contribution in [2.24, 2.45) is 5.92 Å². The number of nitrogens with one attached hydrogen (secondary N) is 2. The van der Waals surface area contributed by atoms with Crippen LogP contribution in [-0.2, 0) is 6.18 Å². The van der Waals surface area contributed by atoms with Gasteiger partial charge in [0.25, 0.3) is 5.91 Å². The third-order valence-corrected chi connectivity index (χ3v) is 4.98. The van der Waals surface area contributed by atoms with E-state index in [1.807, 2.05) is 53.6 Å². The van der Waals surface area contributed by atoms with E-state index in [4.69, 9.17) is 0 Å². The molecule has 0 bridgehead atoms. The number of nitrogens with zero attached hydrogens (tertiary/aromatic N) is 1. The fraction of sp³-hybridized carbons (Fsp3) is 0.217. The summed E-state index contributed by atoms with van der Waals surface area (Å²) >= 11 is 0. The van der Waals surface area contributed by atoms with Crippen molar-refractivity contribution in [3.8, 4) is 0 Å². The smallest absolute Gasteiger partial charge is 0.321 e. The zero-order valence-electron chi connectivity index (χ0n) is 16.4. The number of benzene rings is 2. The van der Waals surface area contributed by atoms with Gasteiger partial charge in [-0.3, -0.25) is 9.89 Å². The van der Waals surface area contributed by atoms with Crippen LogP contribution in [0.3, 0.4) is 0 Å². The van der Waals surface area contributed by atoms with Crippen LogP contribution in [0.15, 0.2) is 66.7 Å². The second-order valence-electron chi connectivity index (χ2n) is 7.36. The lowest BCUT2D eigenvalue weighted by Crippen LogP contribution is -2.12. The van der Waals surface area contributed by atoms with Crippen molar-refractivity contribution in [3.63, 3.8) is 0 Å². The number of anilines is 1. The standard InChI is InChI=1S/C23H20F3N3O.ClH/c24-23(25,26)21-14-20(28-29-21)22(30)27-18-8-4-7-17(13-18)19(12-11-15-9-10-15)16-5-2-1-3-6-16;/h1-8,12-15H,9-11H2,(H,27,30)(H,28,29);1H. The van der Waals surface area contributed by atoms with E-state index in [-0.39, 0.29) is 18.1 Å². The highest BCUT2D eigenvalue weighted by atomic mass is 35.5. The van der Waals surface area contributed by atoms with Gasteiger partial charge in [0.15, 0.2) is 5.69 Å². The molecule has 0 atom stereocenters. The minimum atomic E-state index is -4.58. The van der Waals surface area contributed by atoms with E-state index >= 15 is 0 Å². The summed E-state index contributed by atoms with van der Waals surface area (Å²) in [6, 6.07) is 18.0. The van der Waals surface area contributed by atoms with Crippen LogP contribution in [0.25, 0.3) is 5.57 Å². The Morgan fingerprint density at radius 2 is 1.77 bits per heavy atom. The molecule has 1 aliphatic carbocycles. The summed E-state index contributed by atoms with van der Waals surface area (Å²) in [6.07, 6.45) is 1.13. The summed E-state index contributed by atoms with van der Waals surface area (Å²) < 4.78 is 38.2. The highest BCUT2D eigenvalue weighted by Gasteiger charge is 2.33. The van der Waals surface area contributed by atoms with E-state index in [1.165, 1.54) is 12.8 Å². The average molecular weight is 448 g/mol. The predicted octanol–water partition coefficient (Wildman–Crippen LogP) is 6.33. The summed E-state index contributed by atoms with van der Waals surface area (Å²) in [7, 11) is 0. The van der Waals surface area contributed by atoms with E-state index in [1.54, 1.807) is 6.07 Å². The molecule has 0 spiro atoms. The molecule has 0 aliphatic heterocycles. The van der Waals surface area contributed by atoms with Crippen molar-refractivity contribution in [2.75, 3.05) is 5.32 Å². The van der Waals surface area contributed by atoms with Crippen LogP contribution in [0.5, 0.6) is 0 Å². The third-order valence-electron chi connectivity index (χ3n) is 4.98. The van der Waals surface area contributed by atoms with Gasteiger partial charge in [-0.05, 0) is 54.0 Å². The molecule has 0 unspecified atom stereocenters. The van der Waals surface area contributed by atoms with Gasteiger partial charge < -0.3 is 5.32 Å². The third kappa shape index (κ3) is 5.76. The Hall–Kier alpha value is -3.06. The molecule has 4 rings (SSSR count). The van der Waals surface area contributed by atoms with Crippen LogP contribution in [-0.4, -0.2) is 16.1 Å². The first kappa shape index (κ1) is 22.6. The first-order valence-corrected chi connectivity index (χ1v) is 9.70. The second-order valence-corrected chi connectivity index (χ2v) is 7.36. The minimum Gasteiger partial charge on any atom is -0.321 e. The van der Waals surface area contributed by atoms with Gasteiger partial charge in [-0.2, -0.15) is 18.3 Å². The number of hydrogen-bond acceptors (Lipinski definition) is 2. The molecular formula is C23H21ClF3N3O. The molecule has 0 saturated heterocycles. The van der Waals surface area contributed by atoms with Crippen LogP contribution >= 0.6 is 12.4 Å². The number of alkyl halides is 3. The Morgan fingerprint density at radius 3 is 2.42 bits per heavy atom. The summed E-state index contributed by atoms with van der Waals surface area (Å²) in [5.41, 5.74) is 2.18. The number of H-pyrrole nitrogens is 1. The van der Waals surface area contributed by atoms with Gasteiger partial charge in [0.2, 0.25) is 0 Å². The number of halogens is 4. The van der Waals surface area contributed by atoms with Crippen molar-refractivity contribution < 1.29 is 18.0 Å². The molecule has 3 aromatic rings. The number of hydrogen-bond donors (Lipinski definition) is 2. The van der Waals surface area contributed by atoms with Gasteiger partial charge in [0, 0.05) is 11.8 Å². The molecule has 1 heterocycles. The van der Waals surface area contributed by atoms with Crippen molar-refractivity contribution in [3.05, 3.63) is 89.3 Å². The Balaban J connectivity index is 0.00000272. The van der Waals surface area contributed by atoms with Crippen molar-refractivity contribution in [1.82, 2.24) is 10.2 Å². The van der Waals surface area contributed by atoms with Gasteiger partial charge in [0.1, 0.15) is 5.69 Å². The van der Waals surface area contributed by atoms with Crippen molar-refractivity contribution >= 4 is 29.6 Å². The number of aromatic nitrogens is 2. The van der Waals surface area contributed by atoms with Crippen LogP contribution in [0.1, 0.15) is 46.6 Å². The highest BCUT2D eigenvalue weighted by molar-refractivity contribution is 6.03. The maximum Gasteiger partial charge on any atom is 0.432 e. The Morgan fingerprint density at radius 1 is 1.06 bits per heavy atom. The van der Waals surface area contributed by atoms with Gasteiger partial charge in [-0.15, -0.1) is 12.4 Å². The molecule has 162 valence electrons. The van der Waals surface area contributed by atoms with E-state index in [0.29, 0.717) is 11.8 Å².